The molecule has 0 aliphatic rings. The van der Waals surface area contributed by atoms with Gasteiger partial charge in [-0.15, -0.1) is 0 Å². The molecule has 2 aromatic rings. The molecule has 110 valence electrons. The first-order chi connectivity index (χ1) is 9.79. The number of carbonyl (C=O) groups excluding carboxylic acids is 1. The zero-order valence-electron chi connectivity index (χ0n) is 11.3. The molecule has 1 amide bonds. The zero-order valence-corrected chi connectivity index (χ0v) is 12.1. The lowest BCUT2D eigenvalue weighted by Gasteiger charge is -2.10. The number of primary sulfonamides is 1. The fourth-order valence-corrected chi connectivity index (χ4v) is 2.41. The summed E-state index contributed by atoms with van der Waals surface area (Å²) < 4.78 is 22.6. The fraction of sp³-hybridized carbons (Fsp3) is 0.0714. The second kappa shape index (κ2) is 5.55. The van der Waals surface area contributed by atoms with Crippen LogP contribution in [0, 0.1) is 6.92 Å². The normalized spacial score (nSPS) is 11.1. The molecule has 0 aliphatic heterocycles. The summed E-state index contributed by atoms with van der Waals surface area (Å²) in [5.74, 6) is -0.369. The van der Waals surface area contributed by atoms with Crippen LogP contribution in [-0.2, 0) is 10.0 Å². The van der Waals surface area contributed by atoms with Gasteiger partial charge in [-0.25, -0.2) is 13.6 Å². The topological polar surface area (TPSA) is 115 Å². The molecule has 0 spiro atoms. The zero-order chi connectivity index (χ0) is 15.6. The number of sulfonamides is 1. The largest absolute Gasteiger partial charge is 0.398 e. The van der Waals surface area contributed by atoms with Gasteiger partial charge in [-0.05, 0) is 42.8 Å². The molecule has 6 nitrogen and oxygen atoms in total. The van der Waals surface area contributed by atoms with Gasteiger partial charge >= 0.3 is 0 Å². The molecule has 0 fully saturated rings. The maximum atomic E-state index is 12.2. The number of nitrogens with one attached hydrogen (secondary N) is 1. The Morgan fingerprint density at radius 1 is 1.14 bits per heavy atom. The predicted molar refractivity (Wildman–Crippen MR) is 81.4 cm³/mol. The quantitative estimate of drug-likeness (QED) is 0.745. The Hall–Kier alpha value is -2.38. The lowest BCUT2D eigenvalue weighted by Crippen LogP contribution is -2.16. The van der Waals surface area contributed by atoms with Crippen LogP contribution < -0.4 is 16.2 Å². The van der Waals surface area contributed by atoms with Crippen molar-refractivity contribution >= 4 is 27.3 Å². The Bertz CT molecular complexity index is 801. The summed E-state index contributed by atoms with van der Waals surface area (Å²) in [7, 11) is -3.81. The van der Waals surface area contributed by atoms with Gasteiger partial charge in [0, 0.05) is 16.9 Å². The highest BCUT2D eigenvalue weighted by Gasteiger charge is 2.13. The first-order valence-corrected chi connectivity index (χ1v) is 7.63. The Kier molecular flexibility index (Phi) is 3.97. The molecule has 0 saturated carbocycles. The number of amides is 1. The summed E-state index contributed by atoms with van der Waals surface area (Å²) in [6, 6.07) is 10.8. The third-order valence-corrected chi connectivity index (χ3v) is 3.95. The molecular formula is C14H15N3O3S. The maximum absolute atomic E-state index is 12.2. The Morgan fingerprint density at radius 2 is 1.81 bits per heavy atom. The van der Waals surface area contributed by atoms with E-state index >= 15 is 0 Å². The molecule has 0 aromatic heterocycles. The first kappa shape index (κ1) is 15.0. The summed E-state index contributed by atoms with van der Waals surface area (Å²) >= 11 is 0. The van der Waals surface area contributed by atoms with Crippen LogP contribution in [0.3, 0.4) is 0 Å². The minimum Gasteiger partial charge on any atom is -0.398 e. The van der Waals surface area contributed by atoms with E-state index in [4.69, 9.17) is 10.9 Å². The molecule has 21 heavy (non-hydrogen) atoms. The number of nitrogen functional groups attached to an aromatic ring is 1. The van der Waals surface area contributed by atoms with Gasteiger partial charge in [0.05, 0.1) is 4.90 Å². The fourth-order valence-electron chi connectivity index (χ4n) is 1.85. The molecule has 0 unspecified atom stereocenters. The van der Waals surface area contributed by atoms with E-state index in [0.29, 0.717) is 22.5 Å². The number of hydrogen-bond donors (Lipinski definition) is 3. The highest BCUT2D eigenvalue weighted by Crippen LogP contribution is 2.19. The monoisotopic (exact) mass is 305 g/mol. The third kappa shape index (κ3) is 3.39. The summed E-state index contributed by atoms with van der Waals surface area (Å²) in [6.45, 7) is 1.74. The Labute approximate surface area is 122 Å². The van der Waals surface area contributed by atoms with Crippen molar-refractivity contribution in [3.05, 3.63) is 53.6 Å². The van der Waals surface area contributed by atoms with E-state index in [1.165, 1.54) is 18.2 Å². The van der Waals surface area contributed by atoms with E-state index < -0.39 is 10.0 Å². The van der Waals surface area contributed by atoms with Crippen molar-refractivity contribution in [2.45, 2.75) is 11.8 Å². The van der Waals surface area contributed by atoms with E-state index in [9.17, 15) is 13.2 Å². The standard InChI is InChI=1S/C14H15N3O3S/c1-9-12(6-3-7-13(9)15)14(18)17-10-4-2-5-11(8-10)21(16,19)20/h2-8H,15H2,1H3,(H,17,18)(H2,16,19,20). The van der Waals surface area contributed by atoms with Gasteiger partial charge in [0.25, 0.3) is 5.91 Å². The second-order valence-electron chi connectivity index (χ2n) is 4.55. The van der Waals surface area contributed by atoms with Gasteiger partial charge in [0.15, 0.2) is 0 Å². The molecule has 5 N–H and O–H groups in total. The van der Waals surface area contributed by atoms with Crippen LogP contribution in [0.25, 0.3) is 0 Å². The molecule has 7 heteroatoms. The van der Waals surface area contributed by atoms with Crippen molar-refractivity contribution in [1.82, 2.24) is 0 Å². The van der Waals surface area contributed by atoms with E-state index in [-0.39, 0.29) is 10.8 Å². The number of benzene rings is 2. The minimum atomic E-state index is -3.81. The van der Waals surface area contributed by atoms with Crippen molar-refractivity contribution < 1.29 is 13.2 Å². The van der Waals surface area contributed by atoms with Crippen molar-refractivity contribution in [2.24, 2.45) is 5.14 Å². The second-order valence-corrected chi connectivity index (χ2v) is 6.11. The van der Waals surface area contributed by atoms with Gasteiger partial charge in [-0.1, -0.05) is 12.1 Å². The molecule has 0 aliphatic carbocycles. The van der Waals surface area contributed by atoms with Gasteiger partial charge in [-0.3, -0.25) is 4.79 Å². The highest BCUT2D eigenvalue weighted by molar-refractivity contribution is 7.89. The van der Waals surface area contributed by atoms with Gasteiger partial charge < -0.3 is 11.1 Å². The van der Waals surface area contributed by atoms with Crippen molar-refractivity contribution in [1.29, 1.82) is 0 Å². The van der Waals surface area contributed by atoms with E-state index in [2.05, 4.69) is 5.32 Å². The van der Waals surface area contributed by atoms with E-state index in [0.717, 1.165) is 0 Å². The smallest absolute Gasteiger partial charge is 0.256 e. The van der Waals surface area contributed by atoms with Crippen LogP contribution in [-0.4, -0.2) is 14.3 Å². The van der Waals surface area contributed by atoms with Gasteiger partial charge in [0.1, 0.15) is 0 Å². The minimum absolute atomic E-state index is 0.0652. The lowest BCUT2D eigenvalue weighted by atomic mass is 10.1. The first-order valence-electron chi connectivity index (χ1n) is 6.08. The average molecular weight is 305 g/mol. The third-order valence-electron chi connectivity index (χ3n) is 3.04. The summed E-state index contributed by atoms with van der Waals surface area (Å²) in [4.78, 5) is 12.1. The summed E-state index contributed by atoms with van der Waals surface area (Å²) in [5, 5.41) is 7.68. The molecule has 0 radical (unpaired) electrons. The van der Waals surface area contributed by atoms with Gasteiger partial charge in [-0.2, -0.15) is 0 Å². The molecule has 0 heterocycles. The molecule has 0 bridgehead atoms. The molecular weight excluding hydrogens is 290 g/mol. The molecule has 2 aromatic carbocycles. The molecule has 0 atom stereocenters. The summed E-state index contributed by atoms with van der Waals surface area (Å²) in [6.07, 6.45) is 0. The average Bonchev–Trinajstić information content (AvgIpc) is 2.41. The van der Waals surface area contributed by atoms with Crippen LogP contribution in [0.1, 0.15) is 15.9 Å². The number of nitrogens with two attached hydrogens (primary N) is 2. The highest BCUT2D eigenvalue weighted by atomic mass is 32.2. The Morgan fingerprint density at radius 3 is 2.48 bits per heavy atom. The van der Waals surface area contributed by atoms with Crippen LogP contribution in [0.4, 0.5) is 11.4 Å². The van der Waals surface area contributed by atoms with Crippen molar-refractivity contribution in [3.8, 4) is 0 Å². The maximum Gasteiger partial charge on any atom is 0.256 e. The number of hydrogen-bond acceptors (Lipinski definition) is 4. The summed E-state index contributed by atoms with van der Waals surface area (Å²) in [5.41, 5.74) is 7.70. The van der Waals surface area contributed by atoms with E-state index in [1.807, 2.05) is 0 Å². The number of carbonyl (C=O) groups is 1. The molecule has 2 rings (SSSR count). The van der Waals surface area contributed by atoms with Crippen LogP contribution in [0.15, 0.2) is 47.4 Å². The Balaban J connectivity index is 2.30. The van der Waals surface area contributed by atoms with Crippen LogP contribution in [0.2, 0.25) is 0 Å². The number of rotatable bonds is 3. The van der Waals surface area contributed by atoms with E-state index in [1.54, 1.807) is 31.2 Å². The van der Waals surface area contributed by atoms with Gasteiger partial charge in [0.2, 0.25) is 10.0 Å². The van der Waals surface area contributed by atoms with Crippen molar-refractivity contribution in [3.63, 3.8) is 0 Å². The molecule has 0 saturated heterocycles. The van der Waals surface area contributed by atoms with Crippen LogP contribution >= 0.6 is 0 Å². The SMILES string of the molecule is Cc1c(N)cccc1C(=O)Nc1cccc(S(N)(=O)=O)c1. The van der Waals surface area contributed by atoms with Crippen molar-refractivity contribution in [2.75, 3.05) is 11.1 Å². The van der Waals surface area contributed by atoms with Crippen LogP contribution in [0.5, 0.6) is 0 Å². The predicted octanol–water partition coefficient (Wildman–Crippen LogP) is 1.48. The lowest BCUT2D eigenvalue weighted by molar-refractivity contribution is 0.102. The number of anilines is 2.